The molecule has 0 spiro atoms. The number of rotatable bonds is 7. The van der Waals surface area contributed by atoms with Gasteiger partial charge in [0.25, 0.3) is 0 Å². The first-order valence-corrected chi connectivity index (χ1v) is 7.85. The molecule has 3 unspecified atom stereocenters. The van der Waals surface area contributed by atoms with Crippen molar-refractivity contribution in [2.24, 2.45) is 0 Å². The molecule has 3 nitrogen and oxygen atoms in total. The molecule has 0 aromatic carbocycles. The molecule has 5 heteroatoms. The summed E-state index contributed by atoms with van der Waals surface area (Å²) in [5.74, 6) is 0. The van der Waals surface area contributed by atoms with Crippen LogP contribution in [0.25, 0.3) is 0 Å². The van der Waals surface area contributed by atoms with E-state index in [0.717, 1.165) is 17.8 Å². The molecule has 0 saturated heterocycles. The lowest BCUT2D eigenvalue weighted by molar-refractivity contribution is 0.178. The van der Waals surface area contributed by atoms with Crippen LogP contribution in [0.2, 0.25) is 0 Å². The van der Waals surface area contributed by atoms with E-state index >= 15 is 0 Å². The van der Waals surface area contributed by atoms with Gasteiger partial charge in [-0.25, -0.2) is 0 Å². The van der Waals surface area contributed by atoms with E-state index in [1.165, 1.54) is 0 Å². The maximum absolute atomic E-state index is 11.1. The normalized spacial score (nSPS) is 16.9. The second-order valence-electron chi connectivity index (χ2n) is 3.83. The minimum atomic E-state index is -0.754. The predicted molar refractivity (Wildman–Crippen MR) is 70.3 cm³/mol. The van der Waals surface area contributed by atoms with Crippen molar-refractivity contribution < 1.29 is 9.32 Å². The van der Waals surface area contributed by atoms with Gasteiger partial charge < -0.3 is 10.4 Å². The van der Waals surface area contributed by atoms with Gasteiger partial charge >= 0.3 is 0 Å². The summed E-state index contributed by atoms with van der Waals surface area (Å²) >= 11 is 1.56. The zero-order valence-electron chi connectivity index (χ0n) is 9.68. The highest BCUT2D eigenvalue weighted by atomic mass is 32.2. The molecule has 0 amide bonds. The molecule has 1 aromatic heterocycles. The fourth-order valence-electron chi connectivity index (χ4n) is 1.29. The van der Waals surface area contributed by atoms with Gasteiger partial charge in [-0.3, -0.25) is 4.21 Å². The highest BCUT2D eigenvalue weighted by Crippen LogP contribution is 2.17. The van der Waals surface area contributed by atoms with Gasteiger partial charge in [0.05, 0.1) is 0 Å². The second kappa shape index (κ2) is 7.17. The van der Waals surface area contributed by atoms with Gasteiger partial charge in [-0.1, -0.05) is 13.0 Å². The van der Waals surface area contributed by atoms with E-state index < -0.39 is 16.9 Å². The zero-order chi connectivity index (χ0) is 12.0. The Morgan fingerprint density at radius 1 is 1.62 bits per heavy atom. The van der Waals surface area contributed by atoms with Crippen LogP contribution in [-0.2, 0) is 10.8 Å². The molecule has 0 aliphatic rings. The fraction of sp³-hybridized carbons (Fsp3) is 0.636. The van der Waals surface area contributed by atoms with E-state index in [1.54, 1.807) is 17.6 Å². The molecule has 1 aromatic rings. The lowest BCUT2D eigenvalue weighted by Crippen LogP contribution is -2.25. The van der Waals surface area contributed by atoms with Crippen molar-refractivity contribution in [1.82, 2.24) is 5.32 Å². The quantitative estimate of drug-likeness (QED) is 0.732. The topological polar surface area (TPSA) is 49.3 Å². The maximum Gasteiger partial charge on any atom is 0.101 e. The summed E-state index contributed by atoms with van der Waals surface area (Å²) in [6.07, 6.45) is 2.17. The molecule has 0 bridgehead atoms. The Hall–Kier alpha value is -0.230. The first-order chi connectivity index (χ1) is 7.61. The van der Waals surface area contributed by atoms with Crippen LogP contribution in [0.4, 0.5) is 0 Å². The number of nitrogens with one attached hydrogen (secondary N) is 1. The van der Waals surface area contributed by atoms with E-state index in [2.05, 4.69) is 5.32 Å². The van der Waals surface area contributed by atoms with E-state index in [0.29, 0.717) is 6.54 Å². The molecule has 2 N–H and O–H groups in total. The van der Waals surface area contributed by atoms with Gasteiger partial charge in [-0.05, 0) is 24.4 Å². The Balaban J connectivity index is 2.14. The number of thiophene rings is 1. The fourth-order valence-corrected chi connectivity index (χ4v) is 2.45. The van der Waals surface area contributed by atoms with Crippen molar-refractivity contribution in [1.29, 1.82) is 0 Å². The number of hydrogen-bond acceptors (Lipinski definition) is 4. The summed E-state index contributed by atoms with van der Waals surface area (Å²) in [5, 5.41) is 15.1. The lowest BCUT2D eigenvalue weighted by atomic mass is 10.3. The Kier molecular flexibility index (Phi) is 6.20. The van der Waals surface area contributed by atoms with Crippen molar-refractivity contribution >= 4 is 22.1 Å². The molecule has 0 aliphatic heterocycles. The molecule has 1 rings (SSSR count). The Morgan fingerprint density at radius 2 is 2.38 bits per heavy atom. The summed E-state index contributed by atoms with van der Waals surface area (Å²) < 4.78 is 11.1. The molecule has 92 valence electrons. The lowest BCUT2D eigenvalue weighted by Gasteiger charge is -2.12. The zero-order valence-corrected chi connectivity index (χ0v) is 11.3. The minimum Gasteiger partial charge on any atom is -0.386 e. The standard InChI is InChI=1S/C11H19NO2S2/c1-9(16(2)14)5-6-12-8-10(13)11-4-3-7-15-11/h3-4,7,9-10,12-13H,5-6,8H2,1-2H3. The van der Waals surface area contributed by atoms with E-state index in [1.807, 2.05) is 24.4 Å². The summed E-state index contributed by atoms with van der Waals surface area (Å²) in [4.78, 5) is 0.986. The molecule has 16 heavy (non-hydrogen) atoms. The smallest absolute Gasteiger partial charge is 0.101 e. The molecule has 3 atom stereocenters. The summed E-state index contributed by atoms with van der Waals surface area (Å²) in [6.45, 7) is 3.33. The van der Waals surface area contributed by atoms with Crippen molar-refractivity contribution in [3.63, 3.8) is 0 Å². The van der Waals surface area contributed by atoms with Crippen LogP contribution in [0.1, 0.15) is 24.3 Å². The third-order valence-corrected chi connectivity index (χ3v) is 4.85. The van der Waals surface area contributed by atoms with Crippen LogP contribution in [0.15, 0.2) is 17.5 Å². The predicted octanol–water partition coefficient (Wildman–Crippen LogP) is 1.53. The van der Waals surface area contributed by atoms with Crippen molar-refractivity contribution in [2.45, 2.75) is 24.7 Å². The molecule has 0 aliphatic carbocycles. The average Bonchev–Trinajstić information content (AvgIpc) is 2.76. The van der Waals surface area contributed by atoms with Crippen LogP contribution in [0.3, 0.4) is 0 Å². The van der Waals surface area contributed by atoms with Gasteiger partial charge in [-0.2, -0.15) is 0 Å². The average molecular weight is 261 g/mol. The van der Waals surface area contributed by atoms with Crippen molar-refractivity contribution in [3.8, 4) is 0 Å². The van der Waals surface area contributed by atoms with Crippen LogP contribution in [0, 0.1) is 0 Å². The first kappa shape index (κ1) is 13.8. The van der Waals surface area contributed by atoms with Gasteiger partial charge in [0.2, 0.25) is 0 Å². The largest absolute Gasteiger partial charge is 0.386 e. The molecule has 0 radical (unpaired) electrons. The summed E-state index contributed by atoms with van der Waals surface area (Å²) in [7, 11) is -0.754. The molecular formula is C11H19NO2S2. The van der Waals surface area contributed by atoms with Crippen molar-refractivity contribution in [2.75, 3.05) is 19.3 Å². The van der Waals surface area contributed by atoms with Crippen LogP contribution in [-0.4, -0.2) is 33.9 Å². The van der Waals surface area contributed by atoms with Crippen LogP contribution >= 0.6 is 11.3 Å². The van der Waals surface area contributed by atoms with Crippen molar-refractivity contribution in [3.05, 3.63) is 22.4 Å². The molecular weight excluding hydrogens is 242 g/mol. The van der Waals surface area contributed by atoms with E-state index in [-0.39, 0.29) is 5.25 Å². The van der Waals surface area contributed by atoms with Gasteiger partial charge in [0.15, 0.2) is 0 Å². The van der Waals surface area contributed by atoms with Crippen LogP contribution < -0.4 is 5.32 Å². The molecule has 0 fully saturated rings. The number of hydrogen-bond donors (Lipinski definition) is 2. The molecule has 0 saturated carbocycles. The third-order valence-electron chi connectivity index (χ3n) is 2.50. The summed E-state index contributed by atoms with van der Waals surface area (Å²) in [5.41, 5.74) is 0. The number of aliphatic hydroxyl groups is 1. The maximum atomic E-state index is 11.1. The minimum absolute atomic E-state index is 0.214. The van der Waals surface area contributed by atoms with E-state index in [4.69, 9.17) is 0 Å². The Morgan fingerprint density at radius 3 is 2.94 bits per heavy atom. The second-order valence-corrected chi connectivity index (χ2v) is 6.61. The number of aliphatic hydroxyl groups excluding tert-OH is 1. The monoisotopic (exact) mass is 261 g/mol. The molecule has 1 heterocycles. The van der Waals surface area contributed by atoms with Gasteiger partial charge in [0, 0.05) is 33.7 Å². The SMILES string of the molecule is CC(CCNCC(O)c1cccs1)S(C)=O. The highest BCUT2D eigenvalue weighted by molar-refractivity contribution is 7.84. The Labute approximate surface area is 103 Å². The third kappa shape index (κ3) is 4.74. The van der Waals surface area contributed by atoms with Gasteiger partial charge in [0.1, 0.15) is 6.10 Å². The van der Waals surface area contributed by atoms with E-state index in [9.17, 15) is 9.32 Å². The van der Waals surface area contributed by atoms with Gasteiger partial charge in [-0.15, -0.1) is 11.3 Å². The van der Waals surface area contributed by atoms with Crippen LogP contribution in [0.5, 0.6) is 0 Å². The first-order valence-electron chi connectivity index (χ1n) is 5.35. The highest BCUT2D eigenvalue weighted by Gasteiger charge is 2.09. The Bertz CT molecular complexity index is 314. The summed E-state index contributed by atoms with van der Waals surface area (Å²) in [6, 6.07) is 3.87.